The third-order valence-corrected chi connectivity index (χ3v) is 4.45. The number of nitrogens with zero attached hydrogens (tertiary/aromatic N) is 1. The Labute approximate surface area is 94.4 Å². The molecule has 4 unspecified atom stereocenters. The molecule has 15 heavy (non-hydrogen) atoms. The maximum absolute atomic E-state index is 3.68. The van der Waals surface area contributed by atoms with Crippen molar-refractivity contribution in [3.8, 4) is 0 Å². The van der Waals surface area contributed by atoms with Crippen LogP contribution >= 0.6 is 0 Å². The van der Waals surface area contributed by atoms with E-state index in [1.165, 1.54) is 39.0 Å². The molecule has 88 valence electrons. The lowest BCUT2D eigenvalue weighted by atomic mass is 9.92. The van der Waals surface area contributed by atoms with E-state index in [1.54, 1.807) is 0 Å². The first-order chi connectivity index (χ1) is 7.16. The number of nitrogens with one attached hydrogen (secondary N) is 1. The van der Waals surface area contributed by atoms with E-state index in [4.69, 9.17) is 0 Å². The van der Waals surface area contributed by atoms with Gasteiger partial charge in [0.25, 0.3) is 0 Å². The predicted octanol–water partition coefficient (Wildman–Crippen LogP) is 1.96. The summed E-state index contributed by atoms with van der Waals surface area (Å²) in [5, 5.41) is 3.68. The van der Waals surface area contributed by atoms with Crippen LogP contribution in [-0.4, -0.2) is 37.1 Å². The van der Waals surface area contributed by atoms with Crippen molar-refractivity contribution in [2.75, 3.05) is 26.2 Å². The number of hydrogen-bond donors (Lipinski definition) is 1. The van der Waals surface area contributed by atoms with Gasteiger partial charge in [0.15, 0.2) is 0 Å². The number of likely N-dealkylation sites (tertiary alicyclic amines) is 1. The maximum Gasteiger partial charge on any atom is 0.0220 e. The lowest BCUT2D eigenvalue weighted by molar-refractivity contribution is 0.211. The average Bonchev–Trinajstić information content (AvgIpc) is 2.50. The van der Waals surface area contributed by atoms with Crippen molar-refractivity contribution in [2.45, 2.75) is 39.7 Å². The van der Waals surface area contributed by atoms with Crippen LogP contribution in [0.2, 0.25) is 0 Å². The molecule has 0 aromatic carbocycles. The van der Waals surface area contributed by atoms with Crippen molar-refractivity contribution >= 4 is 0 Å². The summed E-state index contributed by atoms with van der Waals surface area (Å²) < 4.78 is 0. The molecule has 2 rings (SSSR count). The van der Waals surface area contributed by atoms with Crippen LogP contribution in [0, 0.1) is 17.8 Å². The van der Waals surface area contributed by atoms with Crippen LogP contribution < -0.4 is 5.32 Å². The lowest BCUT2D eigenvalue weighted by Gasteiger charge is -2.33. The lowest BCUT2D eigenvalue weighted by Crippen LogP contribution is -2.47. The van der Waals surface area contributed by atoms with Gasteiger partial charge in [-0.15, -0.1) is 0 Å². The minimum atomic E-state index is 0.747. The van der Waals surface area contributed by atoms with Crippen molar-refractivity contribution in [2.24, 2.45) is 17.8 Å². The molecule has 0 spiro atoms. The molecule has 2 heterocycles. The smallest absolute Gasteiger partial charge is 0.0220 e. The minimum absolute atomic E-state index is 0.747. The summed E-state index contributed by atoms with van der Waals surface area (Å²) in [4.78, 5) is 2.66. The molecule has 0 aliphatic carbocycles. The molecular formula is C13H26N2. The summed E-state index contributed by atoms with van der Waals surface area (Å²) in [5.41, 5.74) is 0. The van der Waals surface area contributed by atoms with E-state index in [1.807, 2.05) is 0 Å². The van der Waals surface area contributed by atoms with Gasteiger partial charge < -0.3 is 10.2 Å². The summed E-state index contributed by atoms with van der Waals surface area (Å²) in [5.74, 6) is 2.65. The zero-order chi connectivity index (χ0) is 10.8. The minimum Gasteiger partial charge on any atom is -0.312 e. The Morgan fingerprint density at radius 3 is 2.33 bits per heavy atom. The normalized spacial score (nSPS) is 43.4. The zero-order valence-electron chi connectivity index (χ0n) is 10.5. The van der Waals surface area contributed by atoms with Crippen molar-refractivity contribution in [1.29, 1.82) is 0 Å². The highest BCUT2D eigenvalue weighted by molar-refractivity contribution is 4.86. The molecular weight excluding hydrogens is 184 g/mol. The quantitative estimate of drug-likeness (QED) is 0.749. The molecule has 0 radical (unpaired) electrons. The van der Waals surface area contributed by atoms with Crippen LogP contribution in [0.4, 0.5) is 0 Å². The number of piperidine rings is 1. The van der Waals surface area contributed by atoms with E-state index >= 15 is 0 Å². The average molecular weight is 210 g/mol. The Hall–Kier alpha value is -0.0800. The van der Waals surface area contributed by atoms with Crippen molar-refractivity contribution < 1.29 is 0 Å². The van der Waals surface area contributed by atoms with Crippen LogP contribution in [-0.2, 0) is 0 Å². The van der Waals surface area contributed by atoms with Crippen LogP contribution in [0.15, 0.2) is 0 Å². The third-order valence-electron chi connectivity index (χ3n) is 4.45. The van der Waals surface area contributed by atoms with Crippen molar-refractivity contribution in [3.05, 3.63) is 0 Å². The zero-order valence-corrected chi connectivity index (χ0v) is 10.5. The van der Waals surface area contributed by atoms with E-state index in [2.05, 4.69) is 31.0 Å². The highest BCUT2D eigenvalue weighted by Gasteiger charge is 2.29. The van der Waals surface area contributed by atoms with Crippen molar-refractivity contribution in [1.82, 2.24) is 10.2 Å². The second-order valence-corrected chi connectivity index (χ2v) is 5.85. The van der Waals surface area contributed by atoms with Crippen molar-refractivity contribution in [3.63, 3.8) is 0 Å². The van der Waals surface area contributed by atoms with E-state index in [0.717, 1.165) is 23.8 Å². The largest absolute Gasteiger partial charge is 0.312 e. The fourth-order valence-electron chi connectivity index (χ4n) is 3.03. The van der Waals surface area contributed by atoms with Crippen LogP contribution in [0.1, 0.15) is 33.6 Å². The highest BCUT2D eigenvalue weighted by Crippen LogP contribution is 2.24. The Morgan fingerprint density at radius 1 is 1.07 bits per heavy atom. The molecule has 2 heteroatoms. The van der Waals surface area contributed by atoms with Gasteiger partial charge >= 0.3 is 0 Å². The molecule has 2 saturated heterocycles. The second kappa shape index (κ2) is 4.84. The Morgan fingerprint density at radius 2 is 1.73 bits per heavy atom. The topological polar surface area (TPSA) is 15.3 Å². The second-order valence-electron chi connectivity index (χ2n) is 5.85. The highest BCUT2D eigenvalue weighted by atomic mass is 15.2. The van der Waals surface area contributed by atoms with Gasteiger partial charge in [0.05, 0.1) is 0 Å². The summed E-state index contributed by atoms with van der Waals surface area (Å²) >= 11 is 0. The van der Waals surface area contributed by atoms with E-state index < -0.39 is 0 Å². The first-order valence-corrected chi connectivity index (χ1v) is 6.62. The van der Waals surface area contributed by atoms with Gasteiger partial charge in [-0.1, -0.05) is 20.8 Å². The van der Waals surface area contributed by atoms with Gasteiger partial charge in [0, 0.05) is 25.7 Å². The number of rotatable bonds is 2. The standard InChI is InChI=1S/C13H26N2/c1-10-5-4-6-14-13(10)9-15-7-11(2)12(3)8-15/h10-14H,4-9H2,1-3H3. The Bertz CT molecular complexity index is 195. The van der Waals surface area contributed by atoms with Crippen LogP contribution in [0.5, 0.6) is 0 Å². The molecule has 4 atom stereocenters. The third kappa shape index (κ3) is 2.73. The molecule has 0 bridgehead atoms. The van der Waals surface area contributed by atoms with E-state index in [9.17, 15) is 0 Å². The van der Waals surface area contributed by atoms with Crippen LogP contribution in [0.3, 0.4) is 0 Å². The Balaban J connectivity index is 1.81. The Kier molecular flexibility index (Phi) is 3.68. The van der Waals surface area contributed by atoms with Gasteiger partial charge in [0.1, 0.15) is 0 Å². The predicted molar refractivity (Wildman–Crippen MR) is 65.0 cm³/mol. The van der Waals surface area contributed by atoms with Crippen LogP contribution in [0.25, 0.3) is 0 Å². The van der Waals surface area contributed by atoms with Gasteiger partial charge in [0.2, 0.25) is 0 Å². The fourth-order valence-corrected chi connectivity index (χ4v) is 3.03. The maximum atomic E-state index is 3.68. The first kappa shape index (κ1) is 11.4. The monoisotopic (exact) mass is 210 g/mol. The molecule has 0 aromatic rings. The molecule has 0 saturated carbocycles. The van der Waals surface area contributed by atoms with Gasteiger partial charge in [-0.25, -0.2) is 0 Å². The molecule has 1 N–H and O–H groups in total. The molecule has 2 aliphatic rings. The van der Waals surface area contributed by atoms with E-state index in [-0.39, 0.29) is 0 Å². The molecule has 2 aliphatic heterocycles. The number of hydrogen-bond acceptors (Lipinski definition) is 2. The first-order valence-electron chi connectivity index (χ1n) is 6.62. The summed E-state index contributed by atoms with van der Waals surface area (Å²) in [6.45, 7) is 12.3. The van der Waals surface area contributed by atoms with Gasteiger partial charge in [-0.3, -0.25) is 0 Å². The van der Waals surface area contributed by atoms with Gasteiger partial charge in [-0.05, 0) is 37.1 Å². The summed E-state index contributed by atoms with van der Waals surface area (Å²) in [6, 6.07) is 0.747. The molecule has 2 fully saturated rings. The summed E-state index contributed by atoms with van der Waals surface area (Å²) in [7, 11) is 0. The summed E-state index contributed by atoms with van der Waals surface area (Å²) in [6.07, 6.45) is 2.78. The SMILES string of the molecule is CC1CN(CC2NCCCC2C)CC1C. The molecule has 0 amide bonds. The molecule has 0 aromatic heterocycles. The fraction of sp³-hybridized carbons (Fsp3) is 1.00. The molecule has 2 nitrogen and oxygen atoms in total. The van der Waals surface area contributed by atoms with E-state index in [0.29, 0.717) is 0 Å². The van der Waals surface area contributed by atoms with Gasteiger partial charge in [-0.2, -0.15) is 0 Å².